The molecule has 7 heteroatoms. The van der Waals surface area contributed by atoms with Crippen molar-refractivity contribution >= 4 is 15.8 Å². The normalized spacial score (nSPS) is 21.9. The van der Waals surface area contributed by atoms with Crippen molar-refractivity contribution in [2.24, 2.45) is 0 Å². The summed E-state index contributed by atoms with van der Waals surface area (Å²) in [5.41, 5.74) is 2.02. The van der Waals surface area contributed by atoms with Gasteiger partial charge >= 0.3 is 0 Å². The molecule has 1 atom stereocenters. The number of hydrogen-bond donors (Lipinski definition) is 1. The first-order valence-corrected chi connectivity index (χ1v) is 8.75. The van der Waals surface area contributed by atoms with Gasteiger partial charge in [-0.1, -0.05) is 6.92 Å². The summed E-state index contributed by atoms with van der Waals surface area (Å²) in [7, 11) is -2.91. The van der Waals surface area contributed by atoms with Gasteiger partial charge in [-0.05, 0) is 20.4 Å². The van der Waals surface area contributed by atoms with E-state index in [0.29, 0.717) is 12.5 Å². The molecule has 2 heterocycles. The first kappa shape index (κ1) is 15.2. The van der Waals surface area contributed by atoms with E-state index in [9.17, 15) is 8.42 Å². The van der Waals surface area contributed by atoms with Gasteiger partial charge in [0.25, 0.3) is 0 Å². The molecule has 1 saturated heterocycles. The minimum Gasteiger partial charge on any atom is -0.336 e. The number of aromatic nitrogens is 2. The smallest absolute Gasteiger partial charge is 0.225 e. The van der Waals surface area contributed by atoms with E-state index in [1.54, 1.807) is 0 Å². The maximum absolute atomic E-state index is 11.6. The molecule has 1 aromatic heterocycles. The van der Waals surface area contributed by atoms with Crippen molar-refractivity contribution in [1.29, 1.82) is 0 Å². The van der Waals surface area contributed by atoms with Gasteiger partial charge in [-0.15, -0.1) is 0 Å². The van der Waals surface area contributed by atoms with E-state index in [-0.39, 0.29) is 17.5 Å². The van der Waals surface area contributed by atoms with E-state index in [1.807, 2.05) is 24.9 Å². The highest BCUT2D eigenvalue weighted by Crippen LogP contribution is 2.18. The maximum Gasteiger partial charge on any atom is 0.225 e. The molecule has 1 aromatic rings. The SMILES string of the molecule is CCNCc1cnc(N2CCS(=O)(=O)CC2C)nc1C. The highest BCUT2D eigenvalue weighted by molar-refractivity contribution is 7.91. The molecule has 6 nitrogen and oxygen atoms in total. The minimum atomic E-state index is -2.91. The molecule has 2 rings (SSSR count). The van der Waals surface area contributed by atoms with Crippen LogP contribution in [0.3, 0.4) is 0 Å². The Labute approximate surface area is 120 Å². The van der Waals surface area contributed by atoms with Crippen LogP contribution in [0.15, 0.2) is 6.20 Å². The predicted molar refractivity (Wildman–Crippen MR) is 79.6 cm³/mol. The quantitative estimate of drug-likeness (QED) is 0.873. The Kier molecular flexibility index (Phi) is 4.59. The van der Waals surface area contributed by atoms with Crippen LogP contribution in [0.5, 0.6) is 0 Å². The average molecular weight is 298 g/mol. The van der Waals surface area contributed by atoms with Crippen molar-refractivity contribution < 1.29 is 8.42 Å². The number of rotatable bonds is 4. The fraction of sp³-hybridized carbons (Fsp3) is 0.692. The average Bonchev–Trinajstić information content (AvgIpc) is 2.36. The van der Waals surface area contributed by atoms with Crippen LogP contribution in [0.2, 0.25) is 0 Å². The molecule has 0 saturated carbocycles. The summed E-state index contributed by atoms with van der Waals surface area (Å²) in [5, 5.41) is 3.25. The predicted octanol–water partition coefficient (Wildman–Crippen LogP) is 0.518. The molecule has 1 aliphatic heterocycles. The van der Waals surface area contributed by atoms with E-state index >= 15 is 0 Å². The second-order valence-electron chi connectivity index (χ2n) is 5.22. The number of sulfone groups is 1. The van der Waals surface area contributed by atoms with Gasteiger partial charge in [0.1, 0.15) is 0 Å². The summed E-state index contributed by atoms with van der Waals surface area (Å²) >= 11 is 0. The van der Waals surface area contributed by atoms with Gasteiger partial charge in [-0.3, -0.25) is 0 Å². The first-order valence-electron chi connectivity index (χ1n) is 6.93. The summed E-state index contributed by atoms with van der Waals surface area (Å²) in [6.45, 7) is 8.05. The van der Waals surface area contributed by atoms with Gasteiger partial charge in [0.2, 0.25) is 5.95 Å². The zero-order valence-electron chi connectivity index (χ0n) is 12.3. The summed E-state index contributed by atoms with van der Waals surface area (Å²) in [4.78, 5) is 10.9. The highest BCUT2D eigenvalue weighted by atomic mass is 32.2. The fourth-order valence-electron chi connectivity index (χ4n) is 2.35. The second-order valence-corrected chi connectivity index (χ2v) is 7.45. The number of anilines is 1. The molecule has 0 amide bonds. The summed E-state index contributed by atoms with van der Waals surface area (Å²) in [6.07, 6.45) is 1.83. The topological polar surface area (TPSA) is 75.2 Å². The third kappa shape index (κ3) is 3.46. The van der Waals surface area contributed by atoms with E-state index in [4.69, 9.17) is 0 Å². The molecule has 0 radical (unpaired) electrons. The Morgan fingerprint density at radius 3 is 2.85 bits per heavy atom. The van der Waals surface area contributed by atoms with Crippen LogP contribution < -0.4 is 10.2 Å². The van der Waals surface area contributed by atoms with Crippen molar-refractivity contribution in [3.8, 4) is 0 Å². The van der Waals surface area contributed by atoms with Gasteiger partial charge < -0.3 is 10.2 Å². The Balaban J connectivity index is 2.15. The Hall–Kier alpha value is -1.21. The van der Waals surface area contributed by atoms with Gasteiger partial charge in [-0.2, -0.15) is 0 Å². The zero-order chi connectivity index (χ0) is 14.8. The zero-order valence-corrected chi connectivity index (χ0v) is 13.1. The molecule has 0 aliphatic carbocycles. The highest BCUT2D eigenvalue weighted by Gasteiger charge is 2.29. The van der Waals surface area contributed by atoms with Crippen molar-refractivity contribution in [1.82, 2.24) is 15.3 Å². The molecule has 20 heavy (non-hydrogen) atoms. The number of hydrogen-bond acceptors (Lipinski definition) is 6. The van der Waals surface area contributed by atoms with Gasteiger partial charge in [-0.25, -0.2) is 18.4 Å². The maximum atomic E-state index is 11.6. The van der Waals surface area contributed by atoms with Crippen molar-refractivity contribution in [2.75, 3.05) is 29.5 Å². The van der Waals surface area contributed by atoms with Gasteiger partial charge in [0.05, 0.1) is 11.5 Å². The van der Waals surface area contributed by atoms with Crippen LogP contribution in [0.1, 0.15) is 25.1 Å². The van der Waals surface area contributed by atoms with Crippen LogP contribution >= 0.6 is 0 Å². The standard InChI is InChI=1S/C13H22N4O2S/c1-4-14-7-12-8-15-13(16-11(12)3)17-5-6-20(18,19)9-10(17)2/h8,10,14H,4-7,9H2,1-3H3. The van der Waals surface area contributed by atoms with Crippen LogP contribution in [-0.4, -0.2) is 49.0 Å². The first-order chi connectivity index (χ1) is 9.43. The van der Waals surface area contributed by atoms with E-state index in [1.165, 1.54) is 0 Å². The largest absolute Gasteiger partial charge is 0.336 e. The Morgan fingerprint density at radius 1 is 1.50 bits per heavy atom. The third-order valence-electron chi connectivity index (χ3n) is 3.56. The van der Waals surface area contributed by atoms with Gasteiger partial charge in [0.15, 0.2) is 9.84 Å². The van der Waals surface area contributed by atoms with Crippen molar-refractivity contribution in [3.63, 3.8) is 0 Å². The van der Waals surface area contributed by atoms with E-state index < -0.39 is 9.84 Å². The van der Waals surface area contributed by atoms with Crippen LogP contribution in [0, 0.1) is 6.92 Å². The molecule has 1 N–H and O–H groups in total. The van der Waals surface area contributed by atoms with Crippen LogP contribution in [0.25, 0.3) is 0 Å². The molecule has 1 aliphatic rings. The van der Waals surface area contributed by atoms with Crippen LogP contribution in [0.4, 0.5) is 5.95 Å². The monoisotopic (exact) mass is 298 g/mol. The van der Waals surface area contributed by atoms with E-state index in [0.717, 1.165) is 24.3 Å². The molecule has 0 bridgehead atoms. The third-order valence-corrected chi connectivity index (χ3v) is 5.36. The molecule has 112 valence electrons. The lowest BCUT2D eigenvalue weighted by molar-refractivity contribution is 0.564. The summed E-state index contributed by atoms with van der Waals surface area (Å²) < 4.78 is 23.2. The number of nitrogens with one attached hydrogen (secondary N) is 1. The molecular weight excluding hydrogens is 276 g/mol. The Morgan fingerprint density at radius 2 is 2.25 bits per heavy atom. The molecule has 0 aromatic carbocycles. The molecule has 0 spiro atoms. The summed E-state index contributed by atoms with van der Waals surface area (Å²) in [6, 6.07) is -0.0761. The van der Waals surface area contributed by atoms with E-state index in [2.05, 4.69) is 22.2 Å². The van der Waals surface area contributed by atoms with Crippen molar-refractivity contribution in [2.45, 2.75) is 33.4 Å². The van der Waals surface area contributed by atoms with Gasteiger partial charge in [0, 0.05) is 36.6 Å². The number of nitrogens with zero attached hydrogens (tertiary/aromatic N) is 3. The lowest BCUT2D eigenvalue weighted by Crippen LogP contribution is -2.47. The molecule has 1 fully saturated rings. The lowest BCUT2D eigenvalue weighted by Gasteiger charge is -2.33. The fourth-order valence-corrected chi connectivity index (χ4v) is 3.90. The van der Waals surface area contributed by atoms with Crippen molar-refractivity contribution in [3.05, 3.63) is 17.5 Å². The number of aryl methyl sites for hydroxylation is 1. The lowest BCUT2D eigenvalue weighted by atomic mass is 10.2. The molecular formula is C13H22N4O2S. The minimum absolute atomic E-state index is 0.0761. The second kappa shape index (κ2) is 6.05. The molecule has 1 unspecified atom stereocenters. The Bertz CT molecular complexity index is 574. The van der Waals surface area contributed by atoms with Crippen LogP contribution in [-0.2, 0) is 16.4 Å². The summed E-state index contributed by atoms with van der Waals surface area (Å²) in [5.74, 6) is 0.984.